The third-order valence-electron chi connectivity index (χ3n) is 2.84. The number of halogens is 2. The van der Waals surface area contributed by atoms with Gasteiger partial charge in [-0.25, -0.2) is 0 Å². The Morgan fingerprint density at radius 2 is 1.85 bits per heavy atom. The molecule has 0 saturated carbocycles. The number of rotatable bonds is 4. The second kappa shape index (κ2) is 6.48. The SMILES string of the molecule is COc1ccc(Oc2ccc([C@H](C)N)cc2Cl)c(Br)c1. The summed E-state index contributed by atoms with van der Waals surface area (Å²) in [5.74, 6) is 2.01. The van der Waals surface area contributed by atoms with Crippen LogP contribution in [0.1, 0.15) is 18.5 Å². The molecule has 0 aliphatic carbocycles. The fourth-order valence-electron chi connectivity index (χ4n) is 1.69. The Labute approximate surface area is 131 Å². The van der Waals surface area contributed by atoms with Gasteiger partial charge in [0.2, 0.25) is 0 Å². The van der Waals surface area contributed by atoms with E-state index >= 15 is 0 Å². The van der Waals surface area contributed by atoms with Gasteiger partial charge in [0.15, 0.2) is 0 Å². The lowest BCUT2D eigenvalue weighted by molar-refractivity contribution is 0.412. The molecule has 1 atom stereocenters. The number of hydrogen-bond donors (Lipinski definition) is 1. The van der Waals surface area contributed by atoms with Gasteiger partial charge in [0.25, 0.3) is 0 Å². The highest BCUT2D eigenvalue weighted by atomic mass is 79.9. The van der Waals surface area contributed by atoms with Gasteiger partial charge in [-0.05, 0) is 58.7 Å². The molecule has 0 amide bonds. The fourth-order valence-corrected chi connectivity index (χ4v) is 2.36. The average molecular weight is 357 g/mol. The van der Waals surface area contributed by atoms with Crippen molar-refractivity contribution in [3.63, 3.8) is 0 Å². The first kappa shape index (κ1) is 15.2. The second-order valence-corrected chi connectivity index (χ2v) is 5.64. The first-order valence-electron chi connectivity index (χ1n) is 6.07. The van der Waals surface area contributed by atoms with E-state index in [0.717, 1.165) is 15.8 Å². The van der Waals surface area contributed by atoms with Gasteiger partial charge in [-0.2, -0.15) is 0 Å². The third kappa shape index (κ3) is 3.45. The lowest BCUT2D eigenvalue weighted by Gasteiger charge is -2.12. The van der Waals surface area contributed by atoms with Crippen molar-refractivity contribution in [1.82, 2.24) is 0 Å². The van der Waals surface area contributed by atoms with Crippen molar-refractivity contribution >= 4 is 27.5 Å². The first-order valence-corrected chi connectivity index (χ1v) is 7.24. The van der Waals surface area contributed by atoms with Crippen LogP contribution >= 0.6 is 27.5 Å². The van der Waals surface area contributed by atoms with Crippen molar-refractivity contribution < 1.29 is 9.47 Å². The van der Waals surface area contributed by atoms with Crippen LogP contribution in [0.5, 0.6) is 17.2 Å². The molecule has 0 aliphatic rings. The molecule has 2 N–H and O–H groups in total. The van der Waals surface area contributed by atoms with Gasteiger partial charge in [-0.1, -0.05) is 17.7 Å². The summed E-state index contributed by atoms with van der Waals surface area (Å²) in [5, 5.41) is 0.530. The van der Waals surface area contributed by atoms with Gasteiger partial charge in [0.1, 0.15) is 17.2 Å². The monoisotopic (exact) mass is 355 g/mol. The zero-order valence-electron chi connectivity index (χ0n) is 11.2. The largest absolute Gasteiger partial charge is 0.497 e. The highest BCUT2D eigenvalue weighted by molar-refractivity contribution is 9.10. The predicted octanol–water partition coefficient (Wildman–Crippen LogP) is 4.92. The maximum absolute atomic E-state index is 6.21. The minimum atomic E-state index is -0.0609. The number of nitrogens with two attached hydrogens (primary N) is 1. The molecule has 2 aromatic carbocycles. The third-order valence-corrected chi connectivity index (χ3v) is 3.76. The average Bonchev–Trinajstić information content (AvgIpc) is 2.42. The quantitative estimate of drug-likeness (QED) is 0.845. The summed E-state index contributed by atoms with van der Waals surface area (Å²) in [7, 11) is 1.62. The first-order chi connectivity index (χ1) is 9.51. The van der Waals surface area contributed by atoms with Crippen molar-refractivity contribution in [2.24, 2.45) is 5.73 Å². The number of hydrogen-bond acceptors (Lipinski definition) is 3. The van der Waals surface area contributed by atoms with Crippen molar-refractivity contribution in [3.05, 3.63) is 51.5 Å². The van der Waals surface area contributed by atoms with E-state index in [9.17, 15) is 0 Å². The lowest BCUT2D eigenvalue weighted by atomic mass is 10.1. The number of ether oxygens (including phenoxy) is 2. The van der Waals surface area contributed by atoms with Gasteiger partial charge in [0.05, 0.1) is 16.6 Å². The molecule has 0 unspecified atom stereocenters. The topological polar surface area (TPSA) is 44.5 Å². The predicted molar refractivity (Wildman–Crippen MR) is 84.8 cm³/mol. The summed E-state index contributed by atoms with van der Waals surface area (Å²) < 4.78 is 11.7. The molecule has 2 aromatic rings. The van der Waals surface area contributed by atoms with Gasteiger partial charge in [-0.3, -0.25) is 0 Å². The van der Waals surface area contributed by atoms with Gasteiger partial charge < -0.3 is 15.2 Å². The summed E-state index contributed by atoms with van der Waals surface area (Å²) in [6.07, 6.45) is 0. The van der Waals surface area contributed by atoms with Crippen molar-refractivity contribution in [3.8, 4) is 17.2 Å². The van der Waals surface area contributed by atoms with E-state index in [1.54, 1.807) is 7.11 Å². The van der Waals surface area contributed by atoms with E-state index in [-0.39, 0.29) is 6.04 Å². The summed E-state index contributed by atoms with van der Waals surface area (Å²) in [6.45, 7) is 1.91. The van der Waals surface area contributed by atoms with Crippen LogP contribution in [0.3, 0.4) is 0 Å². The van der Waals surface area contributed by atoms with Crippen LogP contribution in [0, 0.1) is 0 Å². The van der Waals surface area contributed by atoms with E-state index < -0.39 is 0 Å². The van der Waals surface area contributed by atoms with Gasteiger partial charge >= 0.3 is 0 Å². The Bertz CT molecular complexity index is 617. The molecule has 0 heterocycles. The van der Waals surface area contributed by atoms with Crippen LogP contribution in [0.25, 0.3) is 0 Å². The van der Waals surface area contributed by atoms with Crippen LogP contribution in [0.4, 0.5) is 0 Å². The van der Waals surface area contributed by atoms with Crippen molar-refractivity contribution in [2.75, 3.05) is 7.11 Å². The Kier molecular flexibility index (Phi) is 4.91. The van der Waals surface area contributed by atoms with Crippen molar-refractivity contribution in [2.45, 2.75) is 13.0 Å². The normalized spacial score (nSPS) is 12.1. The molecule has 20 heavy (non-hydrogen) atoms. The molecule has 5 heteroatoms. The van der Waals surface area contributed by atoms with Crippen LogP contribution < -0.4 is 15.2 Å². The van der Waals surface area contributed by atoms with Crippen LogP contribution in [-0.2, 0) is 0 Å². The summed E-state index contributed by atoms with van der Waals surface area (Å²) in [4.78, 5) is 0. The molecular weight excluding hydrogens is 342 g/mol. The molecule has 0 radical (unpaired) electrons. The van der Waals surface area contributed by atoms with Gasteiger partial charge in [-0.15, -0.1) is 0 Å². The Hall–Kier alpha value is -1.23. The molecule has 0 saturated heterocycles. The lowest BCUT2D eigenvalue weighted by Crippen LogP contribution is -2.04. The Morgan fingerprint density at radius 1 is 1.15 bits per heavy atom. The molecule has 2 rings (SSSR count). The van der Waals surface area contributed by atoms with E-state index in [0.29, 0.717) is 16.5 Å². The minimum absolute atomic E-state index is 0.0609. The molecule has 0 spiro atoms. The number of benzene rings is 2. The zero-order valence-corrected chi connectivity index (χ0v) is 13.5. The van der Waals surface area contributed by atoms with E-state index in [1.165, 1.54) is 0 Å². The highest BCUT2D eigenvalue weighted by Crippen LogP contribution is 2.36. The zero-order chi connectivity index (χ0) is 14.7. The molecule has 106 valence electrons. The Morgan fingerprint density at radius 3 is 2.40 bits per heavy atom. The van der Waals surface area contributed by atoms with Crippen LogP contribution in [0.15, 0.2) is 40.9 Å². The molecular formula is C15H15BrClNO2. The second-order valence-electron chi connectivity index (χ2n) is 4.38. The summed E-state index contributed by atoms with van der Waals surface area (Å²) in [5.41, 5.74) is 6.79. The summed E-state index contributed by atoms with van der Waals surface area (Å²) in [6, 6.07) is 11.0. The molecule has 0 aliphatic heterocycles. The van der Waals surface area contributed by atoms with E-state index in [4.69, 9.17) is 26.8 Å². The van der Waals surface area contributed by atoms with Gasteiger partial charge in [0, 0.05) is 6.04 Å². The van der Waals surface area contributed by atoms with Crippen molar-refractivity contribution in [1.29, 1.82) is 0 Å². The van der Waals surface area contributed by atoms with E-state index in [1.807, 2.05) is 43.3 Å². The fraction of sp³-hybridized carbons (Fsp3) is 0.200. The molecule has 0 aromatic heterocycles. The molecule has 3 nitrogen and oxygen atoms in total. The molecule has 0 fully saturated rings. The van der Waals surface area contributed by atoms with Crippen LogP contribution in [0.2, 0.25) is 5.02 Å². The minimum Gasteiger partial charge on any atom is -0.497 e. The number of methoxy groups -OCH3 is 1. The maximum Gasteiger partial charge on any atom is 0.146 e. The van der Waals surface area contributed by atoms with Crippen LogP contribution in [-0.4, -0.2) is 7.11 Å². The Balaban J connectivity index is 2.26. The standard InChI is InChI=1S/C15H15BrClNO2/c1-9(18)10-3-5-15(13(17)7-10)20-14-6-4-11(19-2)8-12(14)16/h3-9H,18H2,1-2H3/t9-/m0/s1. The summed E-state index contributed by atoms with van der Waals surface area (Å²) >= 11 is 9.65. The maximum atomic E-state index is 6.21. The van der Waals surface area contributed by atoms with E-state index in [2.05, 4.69) is 15.9 Å². The smallest absolute Gasteiger partial charge is 0.146 e. The highest BCUT2D eigenvalue weighted by Gasteiger charge is 2.09. The molecule has 0 bridgehead atoms.